The molecule has 3 nitrogen and oxygen atoms in total. The molecule has 0 fully saturated rings. The van der Waals surface area contributed by atoms with Crippen LogP contribution >= 0.6 is 0 Å². The van der Waals surface area contributed by atoms with Crippen molar-refractivity contribution in [1.29, 1.82) is 0 Å². The van der Waals surface area contributed by atoms with E-state index in [1.54, 1.807) is 19.2 Å². The summed E-state index contributed by atoms with van der Waals surface area (Å²) in [6, 6.07) is 15.1. The van der Waals surface area contributed by atoms with Crippen LogP contribution in [-0.2, 0) is 0 Å². The summed E-state index contributed by atoms with van der Waals surface area (Å²) in [7, 11) is 1.60. The van der Waals surface area contributed by atoms with Crippen LogP contribution in [0.2, 0.25) is 0 Å². The van der Waals surface area contributed by atoms with Gasteiger partial charge in [0.05, 0.1) is 0 Å². The van der Waals surface area contributed by atoms with E-state index in [2.05, 4.69) is 5.32 Å². The second kappa shape index (κ2) is 4.78. The quantitative estimate of drug-likeness (QED) is 0.570. The van der Waals surface area contributed by atoms with Crippen molar-refractivity contribution in [2.45, 2.75) is 0 Å². The molecule has 1 amide bonds. The van der Waals surface area contributed by atoms with Crippen molar-refractivity contribution in [2.24, 2.45) is 0 Å². The maximum atomic E-state index is 12.1. The smallest absolute Gasteiger partial charge is 0.251 e. The summed E-state index contributed by atoms with van der Waals surface area (Å²) in [6.07, 6.45) is 0.836. The second-order valence-electron chi connectivity index (χ2n) is 4.61. The third-order valence-corrected chi connectivity index (χ3v) is 3.52. The number of carbonyl (C=O) groups is 2. The third kappa shape index (κ3) is 1.75. The highest BCUT2D eigenvalue weighted by molar-refractivity contribution is 6.21. The van der Waals surface area contributed by atoms with E-state index >= 15 is 0 Å². The van der Waals surface area contributed by atoms with Crippen molar-refractivity contribution in [2.75, 3.05) is 7.05 Å². The van der Waals surface area contributed by atoms with Crippen molar-refractivity contribution >= 4 is 33.7 Å². The largest absolute Gasteiger partial charge is 0.355 e. The van der Waals surface area contributed by atoms with E-state index in [-0.39, 0.29) is 5.91 Å². The van der Waals surface area contributed by atoms with Gasteiger partial charge in [-0.3, -0.25) is 9.59 Å². The molecule has 0 heterocycles. The molecule has 0 saturated carbocycles. The monoisotopic (exact) mass is 263 g/mol. The summed E-state index contributed by atoms with van der Waals surface area (Å²) < 4.78 is 0. The minimum Gasteiger partial charge on any atom is -0.355 e. The zero-order valence-corrected chi connectivity index (χ0v) is 11.0. The van der Waals surface area contributed by atoms with E-state index in [1.807, 2.05) is 36.4 Å². The van der Waals surface area contributed by atoms with Crippen molar-refractivity contribution in [1.82, 2.24) is 5.32 Å². The molecule has 3 heteroatoms. The summed E-state index contributed by atoms with van der Waals surface area (Å²) >= 11 is 0. The maximum Gasteiger partial charge on any atom is 0.251 e. The summed E-state index contributed by atoms with van der Waals surface area (Å²) in [5.41, 5.74) is 1.19. The number of carbonyl (C=O) groups excluding carboxylic acids is 2. The SMILES string of the molecule is CNC(=O)c1cccc2ccc3cccc(C=O)c3c12. The van der Waals surface area contributed by atoms with Gasteiger partial charge in [0.25, 0.3) is 5.91 Å². The first-order chi connectivity index (χ1) is 9.76. The fourth-order valence-electron chi connectivity index (χ4n) is 2.61. The van der Waals surface area contributed by atoms with Gasteiger partial charge in [0.2, 0.25) is 0 Å². The predicted octanol–water partition coefficient (Wildman–Crippen LogP) is 3.17. The third-order valence-electron chi connectivity index (χ3n) is 3.52. The van der Waals surface area contributed by atoms with E-state index in [0.29, 0.717) is 11.1 Å². The second-order valence-corrected chi connectivity index (χ2v) is 4.61. The van der Waals surface area contributed by atoms with E-state index in [0.717, 1.165) is 27.8 Å². The lowest BCUT2D eigenvalue weighted by molar-refractivity contribution is 0.0964. The summed E-state index contributed by atoms with van der Waals surface area (Å²) in [5.74, 6) is -0.149. The molecule has 0 spiro atoms. The average molecular weight is 263 g/mol. The molecule has 0 atom stereocenters. The lowest BCUT2D eigenvalue weighted by Gasteiger charge is -2.10. The average Bonchev–Trinajstić information content (AvgIpc) is 2.52. The molecule has 0 aliphatic heterocycles. The van der Waals surface area contributed by atoms with E-state index in [1.165, 1.54) is 0 Å². The van der Waals surface area contributed by atoms with E-state index in [9.17, 15) is 9.59 Å². The molecule has 1 N–H and O–H groups in total. The molecule has 0 bridgehead atoms. The molecule has 0 radical (unpaired) electrons. The van der Waals surface area contributed by atoms with Gasteiger partial charge in [0, 0.05) is 28.9 Å². The molecule has 98 valence electrons. The topological polar surface area (TPSA) is 46.2 Å². The Bertz CT molecular complexity index is 837. The number of fused-ring (bicyclic) bond motifs is 3. The zero-order valence-electron chi connectivity index (χ0n) is 11.0. The molecule has 3 aromatic carbocycles. The van der Waals surface area contributed by atoms with Crippen LogP contribution in [0.4, 0.5) is 0 Å². The molecule has 3 aromatic rings. The van der Waals surface area contributed by atoms with Crippen LogP contribution in [0.1, 0.15) is 20.7 Å². The Morgan fingerprint density at radius 1 is 0.950 bits per heavy atom. The summed E-state index contributed by atoms with van der Waals surface area (Å²) in [4.78, 5) is 23.4. The van der Waals surface area contributed by atoms with Crippen molar-refractivity contribution < 1.29 is 9.59 Å². The number of hydrogen-bond acceptors (Lipinski definition) is 2. The molecule has 0 unspecified atom stereocenters. The van der Waals surface area contributed by atoms with Crippen LogP contribution in [0.15, 0.2) is 48.5 Å². The Balaban J connectivity index is 2.57. The van der Waals surface area contributed by atoms with Crippen molar-refractivity contribution in [3.63, 3.8) is 0 Å². The van der Waals surface area contributed by atoms with Crippen LogP contribution in [0, 0.1) is 0 Å². The number of rotatable bonds is 2. The molecular formula is C17H13NO2. The first-order valence-electron chi connectivity index (χ1n) is 6.38. The standard InChI is InChI=1S/C17H13NO2/c1-18-17(20)14-7-3-5-12-9-8-11-4-2-6-13(10-19)15(11)16(12)14/h2-10H,1H3,(H,18,20). The minimum atomic E-state index is -0.149. The highest BCUT2D eigenvalue weighted by Crippen LogP contribution is 2.30. The summed E-state index contributed by atoms with van der Waals surface area (Å²) in [6.45, 7) is 0. The van der Waals surface area contributed by atoms with Crippen LogP contribution < -0.4 is 5.32 Å². The number of hydrogen-bond donors (Lipinski definition) is 1. The van der Waals surface area contributed by atoms with Gasteiger partial charge in [-0.2, -0.15) is 0 Å². The number of benzene rings is 3. The van der Waals surface area contributed by atoms with Crippen molar-refractivity contribution in [3.8, 4) is 0 Å². The molecule has 0 aromatic heterocycles. The first-order valence-corrected chi connectivity index (χ1v) is 6.38. The van der Waals surface area contributed by atoms with Gasteiger partial charge in [-0.05, 0) is 16.8 Å². The fourth-order valence-corrected chi connectivity index (χ4v) is 2.61. The van der Waals surface area contributed by atoms with Crippen LogP contribution in [0.25, 0.3) is 21.5 Å². The summed E-state index contributed by atoms with van der Waals surface area (Å²) in [5, 5.41) is 6.22. The fraction of sp³-hybridized carbons (Fsp3) is 0.0588. The van der Waals surface area contributed by atoms with Gasteiger partial charge >= 0.3 is 0 Å². The van der Waals surface area contributed by atoms with Gasteiger partial charge in [-0.25, -0.2) is 0 Å². The molecule has 0 aliphatic carbocycles. The molecule has 0 saturated heterocycles. The molecule has 3 rings (SSSR count). The lowest BCUT2D eigenvalue weighted by Crippen LogP contribution is -2.18. The van der Waals surface area contributed by atoms with Gasteiger partial charge in [-0.15, -0.1) is 0 Å². The zero-order chi connectivity index (χ0) is 14.1. The Morgan fingerprint density at radius 2 is 1.60 bits per heavy atom. The Morgan fingerprint density at radius 3 is 2.25 bits per heavy atom. The molecule has 20 heavy (non-hydrogen) atoms. The van der Waals surface area contributed by atoms with Gasteiger partial charge in [-0.1, -0.05) is 42.5 Å². The van der Waals surface area contributed by atoms with Gasteiger partial charge < -0.3 is 5.32 Å². The highest BCUT2D eigenvalue weighted by atomic mass is 16.1. The lowest BCUT2D eigenvalue weighted by atomic mass is 9.94. The van der Waals surface area contributed by atoms with Crippen LogP contribution in [0.3, 0.4) is 0 Å². The minimum absolute atomic E-state index is 0.149. The number of nitrogens with one attached hydrogen (secondary N) is 1. The first kappa shape index (κ1) is 12.4. The molecular weight excluding hydrogens is 250 g/mol. The van der Waals surface area contributed by atoms with E-state index in [4.69, 9.17) is 0 Å². The number of aldehydes is 1. The van der Waals surface area contributed by atoms with Gasteiger partial charge in [0.1, 0.15) is 0 Å². The Labute approximate surface area is 116 Å². The van der Waals surface area contributed by atoms with E-state index < -0.39 is 0 Å². The van der Waals surface area contributed by atoms with Gasteiger partial charge in [0.15, 0.2) is 6.29 Å². The van der Waals surface area contributed by atoms with Crippen LogP contribution in [-0.4, -0.2) is 19.2 Å². The van der Waals surface area contributed by atoms with Crippen LogP contribution in [0.5, 0.6) is 0 Å². The maximum absolute atomic E-state index is 12.1. The molecule has 0 aliphatic rings. The normalized spacial score (nSPS) is 10.7. The predicted molar refractivity (Wildman–Crippen MR) is 80.2 cm³/mol. The Hall–Kier alpha value is -2.68. The number of amides is 1. The Kier molecular flexibility index (Phi) is 2.95. The highest BCUT2D eigenvalue weighted by Gasteiger charge is 2.13. The van der Waals surface area contributed by atoms with Crippen molar-refractivity contribution in [3.05, 3.63) is 59.7 Å².